The van der Waals surface area contributed by atoms with Crippen LogP contribution in [0.1, 0.15) is 31.9 Å². The van der Waals surface area contributed by atoms with Crippen LogP contribution in [0, 0.1) is 0 Å². The second-order valence-corrected chi connectivity index (χ2v) is 3.65. The van der Waals surface area contributed by atoms with Crippen molar-refractivity contribution in [3.05, 3.63) is 29.8 Å². The molecule has 1 aromatic carbocycles. The van der Waals surface area contributed by atoms with Crippen LogP contribution in [-0.4, -0.2) is 17.2 Å². The van der Waals surface area contributed by atoms with Gasteiger partial charge >= 0.3 is 5.97 Å². The van der Waals surface area contributed by atoms with Crippen LogP contribution in [0.5, 0.6) is 5.75 Å². The van der Waals surface area contributed by atoms with E-state index in [-0.39, 0.29) is 6.04 Å². The van der Waals surface area contributed by atoms with Gasteiger partial charge in [0, 0.05) is 11.6 Å². The van der Waals surface area contributed by atoms with Gasteiger partial charge in [-0.15, -0.1) is 0 Å². The van der Waals surface area contributed by atoms with E-state index in [1.165, 1.54) is 6.92 Å². The highest BCUT2D eigenvalue weighted by molar-refractivity contribution is 5.72. The smallest absolute Gasteiger partial charge is 0.344 e. The van der Waals surface area contributed by atoms with Crippen molar-refractivity contribution >= 4 is 5.97 Å². The summed E-state index contributed by atoms with van der Waals surface area (Å²) in [6.07, 6.45) is -0.0906. The maximum absolute atomic E-state index is 10.7. The minimum Gasteiger partial charge on any atom is -0.479 e. The lowest BCUT2D eigenvalue weighted by atomic mass is 10.0. The van der Waals surface area contributed by atoms with Crippen molar-refractivity contribution in [2.45, 2.75) is 32.4 Å². The number of hydrogen-bond acceptors (Lipinski definition) is 3. The summed E-state index contributed by atoms with van der Waals surface area (Å²) in [6, 6.07) is 7.14. The summed E-state index contributed by atoms with van der Waals surface area (Å²) in [5, 5.41) is 8.77. The Hall–Kier alpha value is -1.55. The zero-order valence-electron chi connectivity index (χ0n) is 9.51. The summed E-state index contributed by atoms with van der Waals surface area (Å²) in [4.78, 5) is 10.7. The van der Waals surface area contributed by atoms with Gasteiger partial charge in [0.05, 0.1) is 0 Å². The number of ether oxygens (including phenoxy) is 1. The second-order valence-electron chi connectivity index (χ2n) is 3.65. The molecule has 2 atom stereocenters. The Kier molecular flexibility index (Phi) is 4.31. The molecule has 0 aliphatic rings. The van der Waals surface area contributed by atoms with Crippen LogP contribution in [0.3, 0.4) is 0 Å². The molecule has 0 aliphatic heterocycles. The molecular formula is C12H17NO3. The van der Waals surface area contributed by atoms with Crippen molar-refractivity contribution in [3.63, 3.8) is 0 Å². The Labute approximate surface area is 95.0 Å². The van der Waals surface area contributed by atoms with Gasteiger partial charge in [0.2, 0.25) is 0 Å². The molecule has 0 amide bonds. The van der Waals surface area contributed by atoms with Gasteiger partial charge < -0.3 is 15.6 Å². The number of carboxylic acids is 1. The van der Waals surface area contributed by atoms with Gasteiger partial charge in [-0.2, -0.15) is 0 Å². The van der Waals surface area contributed by atoms with Crippen molar-refractivity contribution in [1.82, 2.24) is 0 Å². The first-order chi connectivity index (χ1) is 7.56. The van der Waals surface area contributed by atoms with Crippen LogP contribution in [0.25, 0.3) is 0 Å². The van der Waals surface area contributed by atoms with Crippen LogP contribution in [-0.2, 0) is 4.79 Å². The summed E-state index contributed by atoms with van der Waals surface area (Å²) in [5.74, 6) is -0.438. The molecule has 0 aromatic heterocycles. The zero-order chi connectivity index (χ0) is 12.1. The van der Waals surface area contributed by atoms with Crippen LogP contribution in [0.2, 0.25) is 0 Å². The summed E-state index contributed by atoms with van der Waals surface area (Å²) >= 11 is 0. The number of aliphatic carboxylic acids is 1. The number of hydrogen-bond donors (Lipinski definition) is 2. The van der Waals surface area contributed by atoms with Gasteiger partial charge in [-0.1, -0.05) is 25.1 Å². The maximum atomic E-state index is 10.7. The normalized spacial score (nSPS) is 14.2. The van der Waals surface area contributed by atoms with Crippen molar-refractivity contribution in [2.24, 2.45) is 5.73 Å². The topological polar surface area (TPSA) is 72.5 Å². The maximum Gasteiger partial charge on any atom is 0.344 e. The number of para-hydroxylation sites is 1. The molecule has 1 unspecified atom stereocenters. The number of carbonyl (C=O) groups is 1. The van der Waals surface area contributed by atoms with Crippen molar-refractivity contribution < 1.29 is 14.6 Å². The SMILES string of the molecule is CC[C@H](N)c1ccccc1OC(C)C(=O)O. The number of benzene rings is 1. The molecule has 0 saturated heterocycles. The highest BCUT2D eigenvalue weighted by Gasteiger charge is 2.16. The third-order valence-corrected chi connectivity index (χ3v) is 2.41. The molecule has 0 radical (unpaired) electrons. The first-order valence-electron chi connectivity index (χ1n) is 5.30. The van der Waals surface area contributed by atoms with Gasteiger partial charge in [-0.05, 0) is 19.4 Å². The van der Waals surface area contributed by atoms with E-state index in [0.29, 0.717) is 5.75 Å². The molecule has 0 aliphatic carbocycles. The lowest BCUT2D eigenvalue weighted by Crippen LogP contribution is -2.24. The summed E-state index contributed by atoms with van der Waals surface area (Å²) in [5.41, 5.74) is 6.76. The van der Waals surface area contributed by atoms with Crippen LogP contribution < -0.4 is 10.5 Å². The van der Waals surface area contributed by atoms with E-state index in [1.54, 1.807) is 12.1 Å². The van der Waals surface area contributed by atoms with Gasteiger partial charge in [0.1, 0.15) is 5.75 Å². The van der Waals surface area contributed by atoms with Crippen LogP contribution in [0.15, 0.2) is 24.3 Å². The van der Waals surface area contributed by atoms with E-state index in [0.717, 1.165) is 12.0 Å². The molecule has 1 aromatic rings. The average molecular weight is 223 g/mol. The minimum atomic E-state index is -0.986. The van der Waals surface area contributed by atoms with Crippen LogP contribution in [0.4, 0.5) is 0 Å². The lowest BCUT2D eigenvalue weighted by Gasteiger charge is -2.17. The van der Waals surface area contributed by atoms with Crippen molar-refractivity contribution in [2.75, 3.05) is 0 Å². The third-order valence-electron chi connectivity index (χ3n) is 2.41. The van der Waals surface area contributed by atoms with Gasteiger partial charge in [-0.3, -0.25) is 0 Å². The Morgan fingerprint density at radius 3 is 2.69 bits per heavy atom. The Balaban J connectivity index is 2.90. The standard InChI is InChI=1S/C12H17NO3/c1-3-10(13)9-6-4-5-7-11(9)16-8(2)12(14)15/h4-8,10H,3,13H2,1-2H3,(H,14,15)/t8?,10-/m0/s1. The highest BCUT2D eigenvalue weighted by atomic mass is 16.5. The Morgan fingerprint density at radius 1 is 1.50 bits per heavy atom. The van der Waals surface area contributed by atoms with Gasteiger partial charge in [0.25, 0.3) is 0 Å². The van der Waals surface area contributed by atoms with Gasteiger partial charge in [0.15, 0.2) is 6.10 Å². The largest absolute Gasteiger partial charge is 0.479 e. The lowest BCUT2D eigenvalue weighted by molar-refractivity contribution is -0.144. The Bertz CT molecular complexity index is 365. The van der Waals surface area contributed by atoms with Crippen molar-refractivity contribution in [1.29, 1.82) is 0 Å². The fourth-order valence-electron chi connectivity index (χ4n) is 1.35. The number of carboxylic acid groups (broad SMARTS) is 1. The molecule has 0 heterocycles. The highest BCUT2D eigenvalue weighted by Crippen LogP contribution is 2.26. The second kappa shape index (κ2) is 5.51. The molecule has 0 fully saturated rings. The van der Waals surface area contributed by atoms with E-state index < -0.39 is 12.1 Å². The predicted octanol–water partition coefficient (Wildman–Crippen LogP) is 1.95. The molecule has 3 N–H and O–H groups in total. The van der Waals surface area contributed by atoms with Gasteiger partial charge in [-0.25, -0.2) is 4.79 Å². The molecule has 88 valence electrons. The van der Waals surface area contributed by atoms with E-state index in [9.17, 15) is 4.79 Å². The zero-order valence-corrected chi connectivity index (χ0v) is 9.51. The molecule has 1 rings (SSSR count). The molecule has 4 nitrogen and oxygen atoms in total. The first-order valence-corrected chi connectivity index (χ1v) is 5.30. The molecule has 0 saturated carbocycles. The average Bonchev–Trinajstić information content (AvgIpc) is 2.28. The summed E-state index contributed by atoms with van der Waals surface area (Å²) in [6.45, 7) is 3.47. The monoisotopic (exact) mass is 223 g/mol. The van der Waals surface area contributed by atoms with E-state index in [1.807, 2.05) is 19.1 Å². The quantitative estimate of drug-likeness (QED) is 0.800. The Morgan fingerprint density at radius 2 is 2.12 bits per heavy atom. The van der Waals surface area contributed by atoms with E-state index >= 15 is 0 Å². The number of rotatable bonds is 5. The van der Waals surface area contributed by atoms with E-state index in [2.05, 4.69) is 0 Å². The molecular weight excluding hydrogens is 206 g/mol. The minimum absolute atomic E-state index is 0.128. The number of nitrogens with two attached hydrogens (primary N) is 1. The van der Waals surface area contributed by atoms with E-state index in [4.69, 9.17) is 15.6 Å². The van der Waals surface area contributed by atoms with Crippen LogP contribution >= 0.6 is 0 Å². The first kappa shape index (κ1) is 12.5. The summed E-state index contributed by atoms with van der Waals surface area (Å²) < 4.78 is 5.35. The molecule has 0 spiro atoms. The molecule has 0 bridgehead atoms. The molecule has 4 heteroatoms. The fraction of sp³-hybridized carbons (Fsp3) is 0.417. The summed E-state index contributed by atoms with van der Waals surface area (Å²) in [7, 11) is 0. The molecule has 16 heavy (non-hydrogen) atoms. The third kappa shape index (κ3) is 2.97. The predicted molar refractivity (Wildman–Crippen MR) is 61.4 cm³/mol. The fourth-order valence-corrected chi connectivity index (χ4v) is 1.35. The van der Waals surface area contributed by atoms with Crippen molar-refractivity contribution in [3.8, 4) is 5.75 Å².